The topological polar surface area (TPSA) is 43.6 Å². The minimum absolute atomic E-state index is 0.255. The number of carbonyl (C=O) groups is 1. The standard InChI is InChI=1S/C22H18N2O2S/c1-3-14-24-20-18(26-2)12-7-13-19(20)27-22(24)23-21(25)17-11-6-9-15-8-4-5-10-16(15)17/h3-13H,1,14H2,2H3. The Kier molecular flexibility index (Phi) is 4.60. The van der Waals surface area contributed by atoms with Gasteiger partial charge in [0.05, 0.1) is 11.8 Å². The van der Waals surface area contributed by atoms with Crippen LogP contribution in [0.3, 0.4) is 0 Å². The molecule has 1 aromatic heterocycles. The van der Waals surface area contributed by atoms with Crippen molar-refractivity contribution in [1.82, 2.24) is 4.57 Å². The number of ether oxygens (including phenoxy) is 1. The summed E-state index contributed by atoms with van der Waals surface area (Å²) in [6, 6.07) is 19.4. The Morgan fingerprint density at radius 3 is 2.74 bits per heavy atom. The highest BCUT2D eigenvalue weighted by Gasteiger charge is 2.13. The number of aromatic nitrogens is 1. The Morgan fingerprint density at radius 1 is 1.15 bits per heavy atom. The Balaban J connectivity index is 1.93. The molecule has 3 aromatic carbocycles. The molecule has 0 bridgehead atoms. The Hall–Kier alpha value is -3.18. The molecule has 0 saturated carbocycles. The highest BCUT2D eigenvalue weighted by molar-refractivity contribution is 7.16. The third-order valence-electron chi connectivity index (χ3n) is 4.41. The van der Waals surface area contributed by atoms with Gasteiger partial charge in [-0.15, -0.1) is 6.58 Å². The molecule has 0 N–H and O–H groups in total. The summed E-state index contributed by atoms with van der Waals surface area (Å²) >= 11 is 1.47. The van der Waals surface area contributed by atoms with Crippen molar-refractivity contribution in [1.29, 1.82) is 0 Å². The second kappa shape index (κ2) is 7.21. The molecule has 0 aliphatic carbocycles. The molecule has 5 heteroatoms. The SMILES string of the molecule is C=CCn1c(=NC(=O)c2cccc3ccccc23)sc2cccc(OC)c21. The van der Waals surface area contributed by atoms with Gasteiger partial charge in [0.15, 0.2) is 4.80 Å². The first-order chi connectivity index (χ1) is 13.2. The summed E-state index contributed by atoms with van der Waals surface area (Å²) in [6.07, 6.45) is 1.79. The van der Waals surface area contributed by atoms with Crippen LogP contribution in [0.15, 0.2) is 78.3 Å². The molecule has 0 unspecified atom stereocenters. The van der Waals surface area contributed by atoms with Crippen molar-refractivity contribution < 1.29 is 9.53 Å². The zero-order chi connectivity index (χ0) is 18.8. The number of allylic oxidation sites excluding steroid dienone is 1. The average molecular weight is 374 g/mol. The van der Waals surface area contributed by atoms with Crippen molar-refractivity contribution in [2.75, 3.05) is 7.11 Å². The number of carbonyl (C=O) groups excluding carboxylic acids is 1. The van der Waals surface area contributed by atoms with Gasteiger partial charge >= 0.3 is 0 Å². The number of nitrogens with zero attached hydrogens (tertiary/aromatic N) is 2. The fraction of sp³-hybridized carbons (Fsp3) is 0.0909. The lowest BCUT2D eigenvalue weighted by Crippen LogP contribution is -2.16. The molecule has 0 saturated heterocycles. The van der Waals surface area contributed by atoms with E-state index < -0.39 is 0 Å². The summed E-state index contributed by atoms with van der Waals surface area (Å²) in [7, 11) is 1.64. The Labute approximate surface area is 160 Å². The number of hydrogen-bond donors (Lipinski definition) is 0. The monoisotopic (exact) mass is 374 g/mol. The summed E-state index contributed by atoms with van der Waals surface area (Å²) in [5.41, 5.74) is 1.53. The van der Waals surface area contributed by atoms with E-state index in [0.717, 1.165) is 26.7 Å². The van der Waals surface area contributed by atoms with E-state index in [0.29, 0.717) is 16.9 Å². The molecule has 1 heterocycles. The minimum Gasteiger partial charge on any atom is -0.495 e. The van der Waals surface area contributed by atoms with E-state index in [1.54, 1.807) is 13.2 Å². The zero-order valence-electron chi connectivity index (χ0n) is 14.9. The number of hydrogen-bond acceptors (Lipinski definition) is 3. The lowest BCUT2D eigenvalue weighted by atomic mass is 10.0. The van der Waals surface area contributed by atoms with Crippen LogP contribution in [0.25, 0.3) is 21.0 Å². The van der Waals surface area contributed by atoms with Gasteiger partial charge in [0.25, 0.3) is 5.91 Å². The number of rotatable bonds is 4. The normalized spacial score (nSPS) is 11.8. The average Bonchev–Trinajstić information content (AvgIpc) is 3.05. The van der Waals surface area contributed by atoms with Gasteiger partial charge in [-0.05, 0) is 29.0 Å². The van der Waals surface area contributed by atoms with Crippen LogP contribution >= 0.6 is 11.3 Å². The smallest absolute Gasteiger partial charge is 0.280 e. The molecule has 27 heavy (non-hydrogen) atoms. The van der Waals surface area contributed by atoms with Gasteiger partial charge in [-0.3, -0.25) is 4.79 Å². The number of fused-ring (bicyclic) bond motifs is 2. The van der Waals surface area contributed by atoms with E-state index in [-0.39, 0.29) is 5.91 Å². The van der Waals surface area contributed by atoms with Crippen molar-refractivity contribution in [3.63, 3.8) is 0 Å². The lowest BCUT2D eigenvalue weighted by Gasteiger charge is -2.06. The summed E-state index contributed by atoms with van der Waals surface area (Å²) in [5, 5.41) is 1.93. The fourth-order valence-electron chi connectivity index (χ4n) is 3.21. The number of methoxy groups -OCH3 is 1. The van der Waals surface area contributed by atoms with E-state index in [1.807, 2.05) is 65.2 Å². The predicted molar refractivity (Wildman–Crippen MR) is 110 cm³/mol. The predicted octanol–water partition coefficient (Wildman–Crippen LogP) is 4.79. The minimum atomic E-state index is -0.255. The molecule has 134 valence electrons. The van der Waals surface area contributed by atoms with Crippen molar-refractivity contribution in [3.8, 4) is 5.75 Å². The fourth-order valence-corrected chi connectivity index (χ4v) is 4.26. The zero-order valence-corrected chi connectivity index (χ0v) is 15.7. The molecule has 0 aliphatic heterocycles. The Bertz CT molecular complexity index is 1230. The van der Waals surface area contributed by atoms with Gasteiger partial charge in [-0.1, -0.05) is 59.9 Å². The second-order valence-electron chi connectivity index (χ2n) is 6.03. The van der Waals surface area contributed by atoms with Gasteiger partial charge in [0.1, 0.15) is 11.3 Å². The van der Waals surface area contributed by atoms with E-state index in [4.69, 9.17) is 4.74 Å². The second-order valence-corrected chi connectivity index (χ2v) is 7.04. The first kappa shape index (κ1) is 17.2. The third-order valence-corrected chi connectivity index (χ3v) is 5.46. The molecule has 0 spiro atoms. The van der Waals surface area contributed by atoms with Crippen molar-refractivity contribution in [3.05, 3.63) is 83.7 Å². The maximum atomic E-state index is 13.0. The number of benzene rings is 3. The number of amides is 1. The maximum absolute atomic E-state index is 13.0. The van der Waals surface area contributed by atoms with Crippen LogP contribution in [-0.4, -0.2) is 17.6 Å². The number of thiazole rings is 1. The molecule has 0 aliphatic rings. The van der Waals surface area contributed by atoms with Crippen LogP contribution in [0.4, 0.5) is 0 Å². The summed E-state index contributed by atoms with van der Waals surface area (Å²) in [5.74, 6) is 0.500. The van der Waals surface area contributed by atoms with Crippen LogP contribution in [0, 0.1) is 0 Å². The first-order valence-corrected chi connectivity index (χ1v) is 9.38. The lowest BCUT2D eigenvalue weighted by molar-refractivity contribution is 0.0999. The van der Waals surface area contributed by atoms with E-state index in [1.165, 1.54) is 11.3 Å². The van der Waals surface area contributed by atoms with Crippen molar-refractivity contribution >= 4 is 38.2 Å². The van der Waals surface area contributed by atoms with E-state index in [9.17, 15) is 4.79 Å². The van der Waals surface area contributed by atoms with Gasteiger partial charge < -0.3 is 9.30 Å². The van der Waals surface area contributed by atoms with Crippen LogP contribution in [0.5, 0.6) is 5.75 Å². The van der Waals surface area contributed by atoms with Crippen LogP contribution in [-0.2, 0) is 6.54 Å². The number of para-hydroxylation sites is 1. The molecule has 4 aromatic rings. The summed E-state index contributed by atoms with van der Waals surface area (Å²) in [6.45, 7) is 4.38. The molecule has 4 nitrogen and oxygen atoms in total. The molecule has 1 amide bonds. The molecular weight excluding hydrogens is 356 g/mol. The highest BCUT2D eigenvalue weighted by Crippen LogP contribution is 2.27. The quantitative estimate of drug-likeness (QED) is 0.482. The first-order valence-electron chi connectivity index (χ1n) is 8.57. The van der Waals surface area contributed by atoms with Gasteiger partial charge in [-0.2, -0.15) is 4.99 Å². The van der Waals surface area contributed by atoms with Crippen molar-refractivity contribution in [2.45, 2.75) is 6.54 Å². The molecule has 4 rings (SSSR count). The van der Waals surface area contributed by atoms with E-state index in [2.05, 4.69) is 11.6 Å². The molecular formula is C22H18N2O2S. The van der Waals surface area contributed by atoms with E-state index >= 15 is 0 Å². The molecule has 0 radical (unpaired) electrons. The molecule has 0 fully saturated rings. The summed E-state index contributed by atoms with van der Waals surface area (Å²) in [4.78, 5) is 18.1. The largest absolute Gasteiger partial charge is 0.495 e. The van der Waals surface area contributed by atoms with Crippen LogP contribution < -0.4 is 9.54 Å². The highest BCUT2D eigenvalue weighted by atomic mass is 32.1. The van der Waals surface area contributed by atoms with Crippen LogP contribution in [0.2, 0.25) is 0 Å². The van der Waals surface area contributed by atoms with Crippen LogP contribution in [0.1, 0.15) is 10.4 Å². The Morgan fingerprint density at radius 2 is 1.93 bits per heavy atom. The van der Waals surface area contributed by atoms with Crippen molar-refractivity contribution in [2.24, 2.45) is 4.99 Å². The molecule has 0 atom stereocenters. The van der Waals surface area contributed by atoms with Gasteiger partial charge in [-0.25, -0.2) is 0 Å². The van der Waals surface area contributed by atoms with Gasteiger partial charge in [0, 0.05) is 12.1 Å². The summed E-state index contributed by atoms with van der Waals surface area (Å²) < 4.78 is 8.48. The van der Waals surface area contributed by atoms with Gasteiger partial charge in [0.2, 0.25) is 0 Å². The third kappa shape index (κ3) is 3.06. The maximum Gasteiger partial charge on any atom is 0.280 e.